The first-order valence-corrected chi connectivity index (χ1v) is 6.48. The van der Waals surface area contributed by atoms with Crippen LogP contribution in [0.25, 0.3) is 0 Å². The minimum atomic E-state index is -0.728. The predicted molar refractivity (Wildman–Crippen MR) is 65.1 cm³/mol. The minimum absolute atomic E-state index is 0.106. The Balaban J connectivity index is 1.97. The summed E-state index contributed by atoms with van der Waals surface area (Å²) in [6.45, 7) is 6.67. The third kappa shape index (κ3) is 2.60. The number of carbonyl (C=O) groups is 2. The Morgan fingerprint density at radius 2 is 1.89 bits per heavy atom. The summed E-state index contributed by atoms with van der Waals surface area (Å²) in [6.07, 6.45) is 1.33. The van der Waals surface area contributed by atoms with Crippen molar-refractivity contribution in [3.63, 3.8) is 0 Å². The first kappa shape index (κ1) is 13.2. The van der Waals surface area contributed by atoms with E-state index in [1.165, 1.54) is 0 Å². The molecular formula is C13H21NO4. The molecule has 2 fully saturated rings. The summed E-state index contributed by atoms with van der Waals surface area (Å²) >= 11 is 0. The summed E-state index contributed by atoms with van der Waals surface area (Å²) in [6, 6.07) is 0. The number of rotatable bonds is 1. The van der Waals surface area contributed by atoms with E-state index in [1.54, 1.807) is 4.90 Å². The number of hydrogen-bond acceptors (Lipinski definition) is 3. The molecule has 0 aromatic heterocycles. The number of fused-ring (bicyclic) bond motifs is 1. The Morgan fingerprint density at radius 3 is 2.44 bits per heavy atom. The monoisotopic (exact) mass is 255 g/mol. The van der Waals surface area contributed by atoms with Gasteiger partial charge in [-0.1, -0.05) is 0 Å². The highest BCUT2D eigenvalue weighted by Crippen LogP contribution is 2.42. The molecule has 5 heteroatoms. The van der Waals surface area contributed by atoms with Crippen molar-refractivity contribution < 1.29 is 19.4 Å². The smallest absolute Gasteiger partial charge is 0.410 e. The van der Waals surface area contributed by atoms with Crippen molar-refractivity contribution in [2.24, 2.45) is 17.8 Å². The maximum absolute atomic E-state index is 11.9. The molecule has 0 aromatic carbocycles. The summed E-state index contributed by atoms with van der Waals surface area (Å²) in [4.78, 5) is 24.7. The number of amides is 1. The van der Waals surface area contributed by atoms with E-state index in [9.17, 15) is 9.59 Å². The maximum atomic E-state index is 11.9. The number of carboxylic acid groups (broad SMARTS) is 1. The van der Waals surface area contributed by atoms with Gasteiger partial charge in [0.15, 0.2) is 0 Å². The lowest BCUT2D eigenvalue weighted by molar-refractivity contribution is -0.143. The van der Waals surface area contributed by atoms with Crippen molar-refractivity contribution >= 4 is 12.1 Å². The molecule has 1 unspecified atom stereocenters. The van der Waals surface area contributed by atoms with Crippen LogP contribution in [0.4, 0.5) is 4.79 Å². The van der Waals surface area contributed by atoms with Crippen LogP contribution in [0.15, 0.2) is 0 Å². The van der Waals surface area contributed by atoms with Gasteiger partial charge in [0.2, 0.25) is 0 Å². The molecule has 1 N–H and O–H groups in total. The van der Waals surface area contributed by atoms with E-state index < -0.39 is 11.6 Å². The number of aliphatic carboxylic acids is 1. The van der Waals surface area contributed by atoms with Gasteiger partial charge in [-0.25, -0.2) is 4.79 Å². The fraction of sp³-hybridized carbons (Fsp3) is 0.846. The van der Waals surface area contributed by atoms with Crippen LogP contribution in [-0.2, 0) is 9.53 Å². The van der Waals surface area contributed by atoms with Crippen LogP contribution in [-0.4, -0.2) is 40.8 Å². The summed E-state index contributed by atoms with van der Waals surface area (Å²) in [5.41, 5.74) is -0.499. The lowest BCUT2D eigenvalue weighted by atomic mass is 9.93. The van der Waals surface area contributed by atoms with Crippen molar-refractivity contribution in [1.82, 2.24) is 4.90 Å². The predicted octanol–water partition coefficient (Wildman–Crippen LogP) is 1.96. The zero-order valence-electron chi connectivity index (χ0n) is 11.2. The zero-order chi connectivity index (χ0) is 13.5. The fourth-order valence-electron chi connectivity index (χ4n) is 3.05. The SMILES string of the molecule is CC(C)(C)OC(=O)N1C[C@H]2CCC(C(=O)O)[C@H]2C1. The van der Waals surface area contributed by atoms with E-state index in [1.807, 2.05) is 20.8 Å². The van der Waals surface area contributed by atoms with Gasteiger partial charge in [-0.3, -0.25) is 4.79 Å². The highest BCUT2D eigenvalue weighted by Gasteiger charge is 2.47. The molecule has 0 bridgehead atoms. The van der Waals surface area contributed by atoms with Crippen molar-refractivity contribution in [2.45, 2.75) is 39.2 Å². The molecule has 0 spiro atoms. The molecular weight excluding hydrogens is 234 g/mol. The average Bonchev–Trinajstić information content (AvgIpc) is 2.70. The van der Waals surface area contributed by atoms with Gasteiger partial charge in [-0.2, -0.15) is 0 Å². The van der Waals surface area contributed by atoms with Gasteiger partial charge < -0.3 is 14.7 Å². The van der Waals surface area contributed by atoms with Crippen LogP contribution in [0.3, 0.4) is 0 Å². The maximum Gasteiger partial charge on any atom is 0.410 e. The lowest BCUT2D eigenvalue weighted by Gasteiger charge is -2.25. The minimum Gasteiger partial charge on any atom is -0.481 e. The third-order valence-electron chi connectivity index (χ3n) is 3.83. The van der Waals surface area contributed by atoms with E-state index in [2.05, 4.69) is 0 Å². The number of carboxylic acids is 1. The normalized spacial score (nSPS) is 31.3. The number of carbonyl (C=O) groups excluding carboxylic acids is 1. The lowest BCUT2D eigenvalue weighted by Crippen LogP contribution is -2.36. The number of nitrogens with zero attached hydrogens (tertiary/aromatic N) is 1. The Kier molecular flexibility index (Phi) is 3.25. The van der Waals surface area contributed by atoms with Gasteiger partial charge >= 0.3 is 12.1 Å². The highest BCUT2D eigenvalue weighted by atomic mass is 16.6. The van der Waals surface area contributed by atoms with Crippen molar-refractivity contribution in [3.8, 4) is 0 Å². The second-order valence-electron chi connectivity index (χ2n) is 6.33. The first-order chi connectivity index (χ1) is 8.28. The zero-order valence-corrected chi connectivity index (χ0v) is 11.2. The van der Waals surface area contributed by atoms with Crippen molar-refractivity contribution in [3.05, 3.63) is 0 Å². The molecule has 1 aliphatic carbocycles. The third-order valence-corrected chi connectivity index (χ3v) is 3.83. The number of hydrogen-bond donors (Lipinski definition) is 1. The van der Waals surface area contributed by atoms with Gasteiger partial charge in [0.25, 0.3) is 0 Å². The van der Waals surface area contributed by atoms with Crippen LogP contribution in [0, 0.1) is 17.8 Å². The van der Waals surface area contributed by atoms with Gasteiger partial charge in [0.1, 0.15) is 5.60 Å². The van der Waals surface area contributed by atoms with Crippen LogP contribution < -0.4 is 0 Å². The van der Waals surface area contributed by atoms with E-state index in [0.717, 1.165) is 12.8 Å². The second-order valence-corrected chi connectivity index (χ2v) is 6.33. The summed E-state index contributed by atoms with van der Waals surface area (Å²) < 4.78 is 5.32. The molecule has 1 aliphatic heterocycles. The van der Waals surface area contributed by atoms with Crippen LogP contribution in [0.1, 0.15) is 33.6 Å². The fourth-order valence-corrected chi connectivity index (χ4v) is 3.05. The quantitative estimate of drug-likeness (QED) is 0.777. The molecule has 102 valence electrons. The van der Waals surface area contributed by atoms with Gasteiger partial charge in [0.05, 0.1) is 5.92 Å². The molecule has 5 nitrogen and oxygen atoms in total. The number of ether oxygens (including phenoxy) is 1. The molecule has 0 radical (unpaired) electrons. The standard InChI is InChI=1S/C13H21NO4/c1-13(2,3)18-12(17)14-6-8-4-5-9(11(15)16)10(8)7-14/h8-10H,4-7H2,1-3H3,(H,15,16)/t8-,9?,10+/m1/s1. The molecule has 2 aliphatic rings. The molecule has 1 amide bonds. The molecule has 0 aromatic rings. The summed E-state index contributed by atoms with van der Waals surface area (Å²) in [7, 11) is 0. The second kappa shape index (κ2) is 4.44. The Morgan fingerprint density at radius 1 is 1.22 bits per heavy atom. The van der Waals surface area contributed by atoms with Crippen LogP contribution in [0.2, 0.25) is 0 Å². The van der Waals surface area contributed by atoms with Crippen molar-refractivity contribution in [2.75, 3.05) is 13.1 Å². The van der Waals surface area contributed by atoms with E-state index in [0.29, 0.717) is 19.0 Å². The summed E-state index contributed by atoms with van der Waals surface area (Å²) in [5.74, 6) is -0.579. The highest BCUT2D eigenvalue weighted by molar-refractivity contribution is 5.72. The topological polar surface area (TPSA) is 66.8 Å². The molecule has 1 saturated carbocycles. The molecule has 1 saturated heterocycles. The Labute approximate surface area is 107 Å². The van der Waals surface area contributed by atoms with Crippen LogP contribution >= 0.6 is 0 Å². The number of likely N-dealkylation sites (tertiary alicyclic amines) is 1. The first-order valence-electron chi connectivity index (χ1n) is 6.48. The van der Waals surface area contributed by atoms with Gasteiger partial charge in [0, 0.05) is 13.1 Å². The average molecular weight is 255 g/mol. The van der Waals surface area contributed by atoms with E-state index in [4.69, 9.17) is 9.84 Å². The van der Waals surface area contributed by atoms with Crippen LogP contribution in [0.5, 0.6) is 0 Å². The van der Waals surface area contributed by atoms with Gasteiger partial charge in [-0.05, 0) is 45.4 Å². The summed E-state index contributed by atoms with van der Waals surface area (Å²) in [5, 5.41) is 9.14. The van der Waals surface area contributed by atoms with Crippen molar-refractivity contribution in [1.29, 1.82) is 0 Å². The molecule has 3 atom stereocenters. The van der Waals surface area contributed by atoms with E-state index in [-0.39, 0.29) is 17.9 Å². The van der Waals surface area contributed by atoms with Gasteiger partial charge in [-0.15, -0.1) is 0 Å². The largest absolute Gasteiger partial charge is 0.481 e. The molecule has 18 heavy (non-hydrogen) atoms. The van der Waals surface area contributed by atoms with E-state index >= 15 is 0 Å². The molecule has 2 rings (SSSR count). The Hall–Kier alpha value is -1.26. The molecule has 1 heterocycles. The Bertz CT molecular complexity index is 360.